The van der Waals surface area contributed by atoms with Crippen molar-refractivity contribution in [2.75, 3.05) is 5.75 Å². The topological polar surface area (TPSA) is 78.2 Å². The quantitative estimate of drug-likeness (QED) is 0.364. The van der Waals surface area contributed by atoms with E-state index >= 15 is 0 Å². The molecule has 0 aliphatic rings. The number of nitrogens with zero attached hydrogens (tertiary/aromatic N) is 1. The normalized spacial score (nSPS) is 13.2. The van der Waals surface area contributed by atoms with Gasteiger partial charge in [-0.3, -0.25) is 0 Å². The van der Waals surface area contributed by atoms with E-state index in [0.29, 0.717) is 12.0 Å². The Kier molecular flexibility index (Phi) is 7.67. The van der Waals surface area contributed by atoms with Gasteiger partial charge >= 0.3 is 0 Å². The number of hydrogen-bond acceptors (Lipinski definition) is 4. The Bertz CT molecular complexity index is 854. The summed E-state index contributed by atoms with van der Waals surface area (Å²) in [5.41, 5.74) is 1.41. The number of aromatic hydroxyl groups is 1. The molecule has 0 bridgehead atoms. The third kappa shape index (κ3) is 6.24. The second kappa shape index (κ2) is 8.96. The highest BCUT2D eigenvalue weighted by molar-refractivity contribution is 7.95. The Morgan fingerprint density at radius 1 is 1.11 bits per heavy atom. The molecular formula is C23H33NO3S. The van der Waals surface area contributed by atoms with E-state index in [2.05, 4.69) is 6.58 Å². The Labute approximate surface area is 170 Å². The molecule has 1 N–H and O–H groups in total. The summed E-state index contributed by atoms with van der Waals surface area (Å²) in [6, 6.07) is 5.40. The van der Waals surface area contributed by atoms with Gasteiger partial charge in [-0.1, -0.05) is 47.6 Å². The van der Waals surface area contributed by atoms with Crippen LogP contribution < -0.4 is 0 Å². The number of phenolic OH excluding ortho intramolecular Hbond substituents is 1. The fourth-order valence-electron chi connectivity index (χ4n) is 2.92. The van der Waals surface area contributed by atoms with Crippen LogP contribution in [0.2, 0.25) is 0 Å². The lowest BCUT2D eigenvalue weighted by Gasteiger charge is -2.28. The van der Waals surface area contributed by atoms with Gasteiger partial charge in [0.1, 0.15) is 16.7 Å². The highest BCUT2D eigenvalue weighted by atomic mass is 32.2. The number of allylic oxidation sites excluding steroid dienone is 2. The maximum Gasteiger partial charge on any atom is 0.188 e. The van der Waals surface area contributed by atoms with Gasteiger partial charge in [0.25, 0.3) is 0 Å². The van der Waals surface area contributed by atoms with Gasteiger partial charge in [-0.05, 0) is 53.9 Å². The molecule has 0 atom stereocenters. The van der Waals surface area contributed by atoms with Crippen LogP contribution in [0.1, 0.15) is 77.5 Å². The minimum Gasteiger partial charge on any atom is -0.507 e. The Hall–Kier alpha value is -2.06. The first-order valence-corrected chi connectivity index (χ1v) is 11.2. The third-order valence-corrected chi connectivity index (χ3v) is 6.27. The molecule has 0 unspecified atom stereocenters. The number of phenols is 1. The van der Waals surface area contributed by atoms with Crippen molar-refractivity contribution in [3.63, 3.8) is 0 Å². The predicted octanol–water partition coefficient (Wildman–Crippen LogP) is 5.62. The maximum absolute atomic E-state index is 12.6. The van der Waals surface area contributed by atoms with Gasteiger partial charge in [-0.2, -0.15) is 5.26 Å². The minimum absolute atomic E-state index is 0.0590. The van der Waals surface area contributed by atoms with E-state index in [1.54, 1.807) is 18.2 Å². The molecule has 154 valence electrons. The van der Waals surface area contributed by atoms with E-state index in [-0.39, 0.29) is 27.2 Å². The molecule has 1 rings (SSSR count). The molecule has 1 aromatic carbocycles. The predicted molar refractivity (Wildman–Crippen MR) is 117 cm³/mol. The van der Waals surface area contributed by atoms with E-state index in [9.17, 15) is 18.8 Å². The minimum atomic E-state index is -3.65. The number of sulfone groups is 1. The van der Waals surface area contributed by atoms with Crippen LogP contribution in [0.3, 0.4) is 0 Å². The van der Waals surface area contributed by atoms with Crippen molar-refractivity contribution in [1.82, 2.24) is 0 Å². The second-order valence-corrected chi connectivity index (χ2v) is 11.3. The molecule has 4 nitrogen and oxygen atoms in total. The van der Waals surface area contributed by atoms with Gasteiger partial charge in [-0.15, -0.1) is 6.58 Å². The van der Waals surface area contributed by atoms with Crippen LogP contribution in [0, 0.1) is 11.3 Å². The van der Waals surface area contributed by atoms with Crippen molar-refractivity contribution in [2.45, 2.75) is 71.6 Å². The van der Waals surface area contributed by atoms with E-state index in [0.717, 1.165) is 24.0 Å². The van der Waals surface area contributed by atoms with Crippen molar-refractivity contribution in [2.24, 2.45) is 0 Å². The molecule has 1 aromatic rings. The average Bonchev–Trinajstić information content (AvgIpc) is 2.55. The summed E-state index contributed by atoms with van der Waals surface area (Å²) in [6.07, 6.45) is 5.15. The lowest BCUT2D eigenvalue weighted by Crippen LogP contribution is -2.17. The van der Waals surface area contributed by atoms with Gasteiger partial charge in [0.15, 0.2) is 9.84 Å². The van der Waals surface area contributed by atoms with Crippen LogP contribution in [-0.4, -0.2) is 19.3 Å². The zero-order valence-electron chi connectivity index (χ0n) is 18.0. The van der Waals surface area contributed by atoms with Crippen molar-refractivity contribution in [3.8, 4) is 11.8 Å². The highest BCUT2D eigenvalue weighted by Gasteiger charge is 2.27. The first-order chi connectivity index (χ1) is 12.7. The van der Waals surface area contributed by atoms with Crippen molar-refractivity contribution >= 4 is 15.9 Å². The number of rotatable bonds is 7. The smallest absolute Gasteiger partial charge is 0.188 e. The Balaban J connectivity index is 3.49. The van der Waals surface area contributed by atoms with Gasteiger partial charge in [-0.25, -0.2) is 8.42 Å². The zero-order valence-corrected chi connectivity index (χ0v) is 18.8. The number of benzene rings is 1. The molecule has 5 heteroatoms. The van der Waals surface area contributed by atoms with Crippen molar-refractivity contribution in [1.29, 1.82) is 5.26 Å². The maximum atomic E-state index is 12.6. The molecule has 0 saturated heterocycles. The molecular weight excluding hydrogens is 370 g/mol. The summed E-state index contributed by atoms with van der Waals surface area (Å²) in [4.78, 5) is -0.239. The largest absolute Gasteiger partial charge is 0.507 e. The molecule has 0 fully saturated rings. The highest BCUT2D eigenvalue weighted by Crippen LogP contribution is 2.40. The summed E-state index contributed by atoms with van der Waals surface area (Å²) in [5, 5.41) is 20.3. The fourth-order valence-corrected chi connectivity index (χ4v) is 4.18. The third-order valence-electron chi connectivity index (χ3n) is 4.56. The number of unbranched alkanes of at least 4 members (excludes halogenated alkanes) is 2. The molecule has 0 amide bonds. The molecule has 0 aliphatic carbocycles. The Morgan fingerprint density at radius 3 is 2.00 bits per heavy atom. The van der Waals surface area contributed by atoms with Crippen LogP contribution in [-0.2, 0) is 20.7 Å². The first-order valence-electron chi connectivity index (χ1n) is 9.57. The average molecular weight is 404 g/mol. The van der Waals surface area contributed by atoms with Crippen LogP contribution in [0.5, 0.6) is 5.75 Å². The van der Waals surface area contributed by atoms with Crippen LogP contribution in [0.25, 0.3) is 6.08 Å². The van der Waals surface area contributed by atoms with Crippen LogP contribution in [0.4, 0.5) is 0 Å². The lowest BCUT2D eigenvalue weighted by atomic mass is 9.78. The van der Waals surface area contributed by atoms with Crippen molar-refractivity contribution in [3.05, 3.63) is 46.4 Å². The molecule has 0 aromatic heterocycles. The summed E-state index contributed by atoms with van der Waals surface area (Å²) in [7, 11) is -3.65. The lowest BCUT2D eigenvalue weighted by molar-refractivity contribution is 0.423. The molecule has 0 spiro atoms. The monoisotopic (exact) mass is 403 g/mol. The molecule has 28 heavy (non-hydrogen) atoms. The van der Waals surface area contributed by atoms with Crippen LogP contribution in [0.15, 0.2) is 29.7 Å². The summed E-state index contributed by atoms with van der Waals surface area (Å²) >= 11 is 0. The number of nitriles is 1. The van der Waals surface area contributed by atoms with Crippen LogP contribution >= 0.6 is 0 Å². The van der Waals surface area contributed by atoms with Gasteiger partial charge in [0, 0.05) is 11.1 Å². The zero-order chi connectivity index (χ0) is 21.8. The summed E-state index contributed by atoms with van der Waals surface area (Å²) in [6.45, 7) is 15.6. The van der Waals surface area contributed by atoms with E-state index in [4.69, 9.17) is 0 Å². The molecule has 0 heterocycles. The van der Waals surface area contributed by atoms with Gasteiger partial charge in [0.05, 0.1) is 5.75 Å². The molecule has 0 saturated carbocycles. The second-order valence-electron chi connectivity index (χ2n) is 9.19. The van der Waals surface area contributed by atoms with Gasteiger partial charge in [0.2, 0.25) is 0 Å². The van der Waals surface area contributed by atoms with Crippen molar-refractivity contribution < 1.29 is 13.5 Å². The summed E-state index contributed by atoms with van der Waals surface area (Å²) in [5.74, 6) is 0.166. The molecule has 0 radical (unpaired) electrons. The van der Waals surface area contributed by atoms with E-state index < -0.39 is 9.84 Å². The van der Waals surface area contributed by atoms with E-state index in [1.165, 1.54) is 6.08 Å². The van der Waals surface area contributed by atoms with Gasteiger partial charge < -0.3 is 5.11 Å². The standard InChI is InChI=1S/C23H33NO3S/c1-8-9-10-11-12-28(26,27)18(16-24)13-17-14-19(22(2,3)4)21(25)20(15-17)23(5,6)7/h8,13-15,25H,1,9-12H2,2-7H3/b18-13-. The summed E-state index contributed by atoms with van der Waals surface area (Å²) < 4.78 is 25.2. The first kappa shape index (κ1) is 24.0. The molecule has 0 aliphatic heterocycles. The SMILES string of the molecule is C=CCCCCS(=O)(=O)/C(C#N)=C\c1cc(C(C)(C)C)c(O)c(C(C)(C)C)c1. The Morgan fingerprint density at radius 2 is 1.61 bits per heavy atom. The fraction of sp³-hybridized carbons (Fsp3) is 0.522. The number of hydrogen-bond donors (Lipinski definition) is 1. The van der Waals surface area contributed by atoms with E-state index in [1.807, 2.05) is 47.6 Å².